The van der Waals surface area contributed by atoms with Crippen LogP contribution in [0.3, 0.4) is 0 Å². The number of rotatable bonds is 6. The number of carbonyl (C=O) groups excluding carboxylic acids is 1. The molecular formula is C29H27HgN4O3S. The molecule has 1 aliphatic rings. The van der Waals surface area contributed by atoms with Crippen LogP contribution in [0.25, 0.3) is 38.9 Å². The van der Waals surface area contributed by atoms with Gasteiger partial charge >= 0.3 is 223 Å². The van der Waals surface area contributed by atoms with E-state index in [1.165, 1.54) is 21.3 Å². The Morgan fingerprint density at radius 3 is 2.74 bits per heavy atom. The number of furan rings is 1. The van der Waals surface area contributed by atoms with Crippen molar-refractivity contribution in [1.82, 2.24) is 19.4 Å². The van der Waals surface area contributed by atoms with Gasteiger partial charge in [0.15, 0.2) is 0 Å². The first kappa shape index (κ1) is 25.4. The van der Waals surface area contributed by atoms with Gasteiger partial charge in [-0.3, -0.25) is 0 Å². The fourth-order valence-electron chi connectivity index (χ4n) is 5.38. The van der Waals surface area contributed by atoms with E-state index in [0.717, 1.165) is 53.6 Å². The summed E-state index contributed by atoms with van der Waals surface area (Å²) < 4.78 is 10.4. The number of hydrogen-bond acceptors (Lipinski definition) is 5. The van der Waals surface area contributed by atoms with Gasteiger partial charge < -0.3 is 0 Å². The van der Waals surface area contributed by atoms with Gasteiger partial charge in [0.1, 0.15) is 0 Å². The molecule has 6 rings (SSSR count). The molecule has 0 spiro atoms. The van der Waals surface area contributed by atoms with Gasteiger partial charge in [0.2, 0.25) is 0 Å². The van der Waals surface area contributed by atoms with Gasteiger partial charge in [-0.15, -0.1) is 0 Å². The molecule has 3 heterocycles. The number of hydrogen-bond donors (Lipinski definition) is 1. The van der Waals surface area contributed by atoms with Crippen molar-refractivity contribution in [1.29, 1.82) is 0 Å². The van der Waals surface area contributed by atoms with Crippen molar-refractivity contribution in [2.75, 3.05) is 5.75 Å². The molecule has 0 unspecified atom stereocenters. The maximum atomic E-state index is 14.1. The number of carbonyl (C=O) groups is 1. The van der Waals surface area contributed by atoms with Crippen LogP contribution in [0.5, 0.6) is 0 Å². The van der Waals surface area contributed by atoms with E-state index in [1.54, 1.807) is 10.8 Å². The van der Waals surface area contributed by atoms with Crippen LogP contribution in [0.1, 0.15) is 32.1 Å². The van der Waals surface area contributed by atoms with Gasteiger partial charge in [0, 0.05) is 0 Å². The Balaban J connectivity index is 1.47. The van der Waals surface area contributed by atoms with Crippen LogP contribution < -0.4 is 13.9 Å². The molecule has 1 fully saturated rings. The third-order valence-corrected chi connectivity index (χ3v) is 9.90. The molecular weight excluding hydrogens is 685 g/mol. The van der Waals surface area contributed by atoms with E-state index in [2.05, 4.69) is 17.4 Å². The molecule has 0 radical (unpaired) electrons. The first-order valence-electron chi connectivity index (χ1n) is 12.9. The zero-order chi connectivity index (χ0) is 26.2. The number of aromatic nitrogens is 3. The molecule has 2 aromatic carbocycles. The number of nitrogens with zero attached hydrogens (tertiary/aromatic N) is 3. The summed E-state index contributed by atoms with van der Waals surface area (Å²) in [7, 11) is 1.90. The molecule has 7 nitrogen and oxygen atoms in total. The number of fused-ring (bicyclic) bond motifs is 3. The number of amides is 1. The second-order valence-corrected chi connectivity index (χ2v) is 14.0. The van der Waals surface area contributed by atoms with Crippen molar-refractivity contribution in [3.63, 3.8) is 0 Å². The molecule has 38 heavy (non-hydrogen) atoms. The van der Waals surface area contributed by atoms with Crippen LogP contribution in [0.4, 0.5) is 0 Å². The Kier molecular flexibility index (Phi) is 7.18. The average molecular weight is 712 g/mol. The standard InChI is InChI=1S/C29H27N4O3S.Hg/c1-32-23-15-14-19(24-13-8-16-36-24)17-22(23)26-27(32)28(35)33(21-11-6-3-7-12-21)29(31-26)37-18-25(34)30-20-9-4-2-5-10-20;/h3,6,8,11-17,20H,2,4-5,9-10,18H2,1H3,(H,30,34);. The molecule has 1 amide bonds. The van der Waals surface area contributed by atoms with E-state index in [1.807, 2.05) is 54.1 Å². The van der Waals surface area contributed by atoms with Gasteiger partial charge in [-0.2, -0.15) is 0 Å². The number of nitrogens with one attached hydrogen (secondary N) is 1. The third kappa shape index (κ3) is 4.84. The van der Waals surface area contributed by atoms with Crippen LogP contribution in [-0.2, 0) is 38.0 Å². The van der Waals surface area contributed by atoms with Crippen molar-refractivity contribution in [3.05, 3.63) is 71.2 Å². The Morgan fingerprint density at radius 1 is 1.13 bits per heavy atom. The first-order valence-corrected chi connectivity index (χ1v) is 16.7. The number of benzene rings is 2. The van der Waals surface area contributed by atoms with Crippen molar-refractivity contribution in [3.8, 4) is 17.0 Å². The Morgan fingerprint density at radius 2 is 1.97 bits per heavy atom. The van der Waals surface area contributed by atoms with Gasteiger partial charge in [-0.1, -0.05) is 6.42 Å². The van der Waals surface area contributed by atoms with E-state index < -0.39 is 0 Å². The van der Waals surface area contributed by atoms with Crippen LogP contribution in [0.15, 0.2) is 75.2 Å². The minimum absolute atomic E-state index is 0.0135. The fraction of sp³-hybridized carbons (Fsp3) is 0.276. The van der Waals surface area contributed by atoms with E-state index in [-0.39, 0.29) is 23.3 Å². The average Bonchev–Trinajstić information content (AvgIpc) is 3.55. The van der Waals surface area contributed by atoms with E-state index >= 15 is 0 Å². The molecule has 5 aromatic rings. The van der Waals surface area contributed by atoms with Crippen LogP contribution in [-0.4, -0.2) is 31.8 Å². The SMILES string of the molecule is Cn1c2ccc(-c3ccco3)cc2c2nc(SCC(=O)NC3CCCCC3)n(-c3ccc[c]([Hg])c3)c(=O)c21. The summed E-state index contributed by atoms with van der Waals surface area (Å²) in [6, 6.07) is 18.1. The summed E-state index contributed by atoms with van der Waals surface area (Å²) in [4.78, 5) is 32.0. The molecule has 0 aliphatic heterocycles. The predicted molar refractivity (Wildman–Crippen MR) is 147 cm³/mol. The monoisotopic (exact) mass is 713 g/mol. The summed E-state index contributed by atoms with van der Waals surface area (Å²) in [5.74, 6) is 0.957. The van der Waals surface area contributed by atoms with Crippen molar-refractivity contribution in [2.24, 2.45) is 7.05 Å². The van der Waals surface area contributed by atoms with Gasteiger partial charge in [-0.05, 0) is 6.07 Å². The molecule has 0 saturated heterocycles. The summed E-state index contributed by atoms with van der Waals surface area (Å²) in [5, 5.41) is 4.59. The molecule has 9 heteroatoms. The minimum atomic E-state index is -0.137. The van der Waals surface area contributed by atoms with Crippen LogP contribution >= 0.6 is 11.8 Å². The zero-order valence-electron chi connectivity index (χ0n) is 21.3. The van der Waals surface area contributed by atoms with Gasteiger partial charge in [0.25, 0.3) is 0 Å². The van der Waals surface area contributed by atoms with Gasteiger partial charge in [0.05, 0.1) is 6.26 Å². The maximum absolute atomic E-state index is 14.1. The Bertz CT molecular complexity index is 1700. The van der Waals surface area contributed by atoms with Crippen LogP contribution in [0.2, 0.25) is 0 Å². The fourth-order valence-corrected chi connectivity index (χ4v) is 7.54. The summed E-state index contributed by atoms with van der Waals surface area (Å²) >= 11 is 1.74. The van der Waals surface area contributed by atoms with Crippen molar-refractivity contribution < 1.29 is 35.3 Å². The molecule has 1 N–H and O–H groups in total. The first-order chi connectivity index (χ1) is 18.5. The molecule has 0 bridgehead atoms. The molecule has 189 valence electrons. The van der Waals surface area contributed by atoms with Crippen molar-refractivity contribution in [2.45, 2.75) is 43.3 Å². The predicted octanol–water partition coefficient (Wildman–Crippen LogP) is 4.85. The van der Waals surface area contributed by atoms with E-state index in [9.17, 15) is 9.59 Å². The molecule has 1 aliphatic carbocycles. The summed E-state index contributed by atoms with van der Waals surface area (Å²) in [5.41, 5.74) is 3.67. The third-order valence-electron chi connectivity index (χ3n) is 7.25. The van der Waals surface area contributed by atoms with Crippen molar-refractivity contribution >= 4 is 42.7 Å². The quantitative estimate of drug-likeness (QED) is 0.155. The second-order valence-electron chi connectivity index (χ2n) is 9.86. The Labute approximate surface area is 240 Å². The van der Waals surface area contributed by atoms with Gasteiger partial charge in [-0.25, -0.2) is 0 Å². The molecule has 3 aromatic heterocycles. The van der Waals surface area contributed by atoms with E-state index in [0.29, 0.717) is 42.3 Å². The topological polar surface area (TPSA) is 82.1 Å². The number of thioether (sulfide) groups is 1. The number of aryl methyl sites for hydroxylation is 1. The normalized spacial score (nSPS) is 14.4. The second kappa shape index (κ2) is 10.7. The summed E-state index contributed by atoms with van der Waals surface area (Å²) in [6.07, 6.45) is 7.29. The zero-order valence-corrected chi connectivity index (χ0v) is 27.6. The summed E-state index contributed by atoms with van der Waals surface area (Å²) in [6.45, 7) is 0. The Hall–Kier alpha value is -2.84. The van der Waals surface area contributed by atoms with Crippen LogP contribution in [0, 0.1) is 0 Å². The molecule has 1 saturated carbocycles. The molecule has 0 atom stereocenters. The van der Waals surface area contributed by atoms with E-state index in [4.69, 9.17) is 9.40 Å².